The van der Waals surface area contributed by atoms with Crippen molar-refractivity contribution in [3.05, 3.63) is 35.9 Å². The smallest absolute Gasteiger partial charge is 0.450 e. The maximum absolute atomic E-state index is 12.3. The second-order valence-electron chi connectivity index (χ2n) is 7.78. The summed E-state index contributed by atoms with van der Waals surface area (Å²) in [6.07, 6.45) is -0.686. The quantitative estimate of drug-likeness (QED) is 0.506. The number of ether oxygens (including phenoxy) is 3. The molecule has 0 aromatic heterocycles. The van der Waals surface area contributed by atoms with E-state index in [2.05, 4.69) is 0 Å². The highest BCUT2D eigenvalue weighted by Gasteiger charge is 2.30. The monoisotopic (exact) mass is 393 g/mol. The summed E-state index contributed by atoms with van der Waals surface area (Å²) in [5.41, 5.74) is 5.91. The summed E-state index contributed by atoms with van der Waals surface area (Å²) in [4.78, 5) is 36.1. The molecule has 2 atom stereocenters. The summed E-state index contributed by atoms with van der Waals surface area (Å²) < 4.78 is 14.9. The molecule has 0 aliphatic rings. The van der Waals surface area contributed by atoms with Crippen molar-refractivity contribution in [3.8, 4) is 0 Å². The molecule has 0 amide bonds. The highest BCUT2D eigenvalue weighted by molar-refractivity contribution is 5.86. The number of carbonyl (C=O) groups excluding carboxylic acids is 3. The Bertz CT molecular complexity index is 638. The van der Waals surface area contributed by atoms with Gasteiger partial charge in [0.2, 0.25) is 0 Å². The minimum Gasteiger partial charge on any atom is -0.450 e. The number of benzene rings is 1. The summed E-state index contributed by atoms with van der Waals surface area (Å²) in [5, 5.41) is 0. The van der Waals surface area contributed by atoms with Gasteiger partial charge in [-0.25, -0.2) is 9.59 Å². The van der Waals surface area contributed by atoms with Crippen LogP contribution in [0.4, 0.5) is 4.79 Å². The number of hydrogen-bond donors (Lipinski definition) is 1. The summed E-state index contributed by atoms with van der Waals surface area (Å²) in [6.45, 7) is 7.08. The van der Waals surface area contributed by atoms with Gasteiger partial charge >= 0.3 is 18.1 Å². The molecule has 7 heteroatoms. The molecule has 28 heavy (non-hydrogen) atoms. The minimum atomic E-state index is -1.20. The predicted octanol–water partition coefficient (Wildman–Crippen LogP) is 3.38. The number of aryl methyl sites for hydroxylation is 1. The molecule has 1 aromatic rings. The van der Waals surface area contributed by atoms with Gasteiger partial charge in [0.15, 0.2) is 6.10 Å². The van der Waals surface area contributed by atoms with E-state index >= 15 is 0 Å². The Morgan fingerprint density at radius 1 is 1.11 bits per heavy atom. The standard InChI is InChI=1S/C21H31NO6/c1-15(14-22)13-17(19(24)27-20(25)28-21(2,3)4)26-18(23)12-8-11-16-9-6-5-7-10-16/h5-7,9-10,15,17H,8,11-14,22H2,1-4H3. The van der Waals surface area contributed by atoms with E-state index in [0.717, 1.165) is 12.0 Å². The molecular weight excluding hydrogens is 362 g/mol. The van der Waals surface area contributed by atoms with Gasteiger partial charge < -0.3 is 19.9 Å². The van der Waals surface area contributed by atoms with E-state index in [1.807, 2.05) is 37.3 Å². The van der Waals surface area contributed by atoms with E-state index in [1.165, 1.54) is 0 Å². The minimum absolute atomic E-state index is 0.0895. The fraction of sp³-hybridized carbons (Fsp3) is 0.571. The van der Waals surface area contributed by atoms with Crippen LogP contribution in [0.3, 0.4) is 0 Å². The Morgan fingerprint density at radius 2 is 1.75 bits per heavy atom. The normalized spacial score (nSPS) is 13.3. The average molecular weight is 393 g/mol. The summed E-state index contributed by atoms with van der Waals surface area (Å²) in [7, 11) is 0. The number of nitrogens with two attached hydrogens (primary N) is 1. The van der Waals surface area contributed by atoms with Gasteiger partial charge in [0, 0.05) is 6.42 Å². The van der Waals surface area contributed by atoms with E-state index in [1.54, 1.807) is 20.8 Å². The third-order valence-corrected chi connectivity index (χ3v) is 3.82. The number of esters is 2. The molecule has 7 nitrogen and oxygen atoms in total. The topological polar surface area (TPSA) is 105 Å². The molecule has 1 rings (SSSR count). The molecule has 0 saturated carbocycles. The van der Waals surface area contributed by atoms with Crippen LogP contribution in [-0.2, 0) is 30.2 Å². The number of carbonyl (C=O) groups is 3. The van der Waals surface area contributed by atoms with Gasteiger partial charge in [0.1, 0.15) is 5.60 Å². The average Bonchev–Trinajstić information content (AvgIpc) is 2.60. The molecule has 0 aliphatic carbocycles. The highest BCUT2D eigenvalue weighted by Crippen LogP contribution is 2.14. The van der Waals surface area contributed by atoms with Crippen molar-refractivity contribution in [1.82, 2.24) is 0 Å². The molecule has 156 valence electrons. The van der Waals surface area contributed by atoms with Crippen molar-refractivity contribution in [2.45, 2.75) is 65.1 Å². The van der Waals surface area contributed by atoms with Crippen molar-refractivity contribution in [3.63, 3.8) is 0 Å². The predicted molar refractivity (Wildman–Crippen MR) is 104 cm³/mol. The van der Waals surface area contributed by atoms with E-state index in [9.17, 15) is 14.4 Å². The maximum atomic E-state index is 12.3. The summed E-state index contributed by atoms with van der Waals surface area (Å²) in [6, 6.07) is 9.76. The number of hydrogen-bond acceptors (Lipinski definition) is 7. The first-order valence-electron chi connectivity index (χ1n) is 9.49. The zero-order valence-electron chi connectivity index (χ0n) is 17.1. The summed E-state index contributed by atoms with van der Waals surface area (Å²) >= 11 is 0. The lowest BCUT2D eigenvalue weighted by molar-refractivity contribution is -0.167. The Hall–Kier alpha value is -2.41. The van der Waals surface area contributed by atoms with Crippen LogP contribution >= 0.6 is 0 Å². The van der Waals surface area contributed by atoms with E-state index < -0.39 is 29.8 Å². The molecule has 0 aliphatic heterocycles. The van der Waals surface area contributed by atoms with Crippen LogP contribution < -0.4 is 5.73 Å². The third kappa shape index (κ3) is 10.1. The van der Waals surface area contributed by atoms with Crippen LogP contribution in [0.5, 0.6) is 0 Å². The first kappa shape index (κ1) is 23.6. The Balaban J connectivity index is 2.58. The van der Waals surface area contributed by atoms with Crippen molar-refractivity contribution in [2.24, 2.45) is 11.7 Å². The van der Waals surface area contributed by atoms with Gasteiger partial charge in [-0.15, -0.1) is 0 Å². The van der Waals surface area contributed by atoms with Gasteiger partial charge in [-0.2, -0.15) is 0 Å². The Kier molecular flexibility index (Phi) is 9.65. The van der Waals surface area contributed by atoms with Crippen LogP contribution in [0.2, 0.25) is 0 Å². The first-order valence-corrected chi connectivity index (χ1v) is 9.49. The third-order valence-electron chi connectivity index (χ3n) is 3.82. The second kappa shape index (κ2) is 11.4. The van der Waals surface area contributed by atoms with Crippen molar-refractivity contribution < 1.29 is 28.6 Å². The molecule has 0 bridgehead atoms. The SMILES string of the molecule is CC(CN)CC(OC(=O)CCCc1ccccc1)C(=O)OC(=O)OC(C)(C)C. The molecule has 0 fully saturated rings. The highest BCUT2D eigenvalue weighted by atomic mass is 16.8. The van der Waals surface area contributed by atoms with Gasteiger partial charge in [0.05, 0.1) is 0 Å². The van der Waals surface area contributed by atoms with Gasteiger partial charge in [-0.05, 0) is 58.1 Å². The molecule has 0 saturated heterocycles. The zero-order chi connectivity index (χ0) is 21.2. The van der Waals surface area contributed by atoms with Gasteiger partial charge in [0.25, 0.3) is 0 Å². The van der Waals surface area contributed by atoms with Crippen LogP contribution in [0, 0.1) is 5.92 Å². The molecule has 0 heterocycles. The van der Waals surface area contributed by atoms with E-state index in [4.69, 9.17) is 19.9 Å². The van der Waals surface area contributed by atoms with E-state index in [0.29, 0.717) is 13.0 Å². The lowest BCUT2D eigenvalue weighted by Gasteiger charge is -2.21. The van der Waals surface area contributed by atoms with Crippen LogP contribution in [-0.4, -0.2) is 36.3 Å². The molecule has 1 aromatic carbocycles. The van der Waals surface area contributed by atoms with Crippen molar-refractivity contribution in [1.29, 1.82) is 0 Å². The van der Waals surface area contributed by atoms with Gasteiger partial charge in [-0.1, -0.05) is 37.3 Å². The fourth-order valence-electron chi connectivity index (χ4n) is 2.37. The number of rotatable bonds is 9. The molecular formula is C21H31NO6. The van der Waals surface area contributed by atoms with Crippen molar-refractivity contribution in [2.75, 3.05) is 6.54 Å². The molecule has 2 N–H and O–H groups in total. The molecule has 0 radical (unpaired) electrons. The Labute approximate surface area is 166 Å². The summed E-state index contributed by atoms with van der Waals surface area (Å²) in [5.74, 6) is -1.56. The zero-order valence-corrected chi connectivity index (χ0v) is 17.1. The van der Waals surface area contributed by atoms with Crippen LogP contribution in [0.1, 0.15) is 52.5 Å². The van der Waals surface area contributed by atoms with Crippen molar-refractivity contribution >= 4 is 18.1 Å². The van der Waals surface area contributed by atoms with Gasteiger partial charge in [-0.3, -0.25) is 4.79 Å². The molecule has 0 spiro atoms. The lowest BCUT2D eigenvalue weighted by Crippen LogP contribution is -2.35. The van der Waals surface area contributed by atoms with Crippen LogP contribution in [0.15, 0.2) is 30.3 Å². The maximum Gasteiger partial charge on any atom is 0.516 e. The lowest BCUT2D eigenvalue weighted by atomic mass is 10.0. The Morgan fingerprint density at radius 3 is 2.32 bits per heavy atom. The second-order valence-corrected chi connectivity index (χ2v) is 7.78. The molecule has 2 unspecified atom stereocenters. The van der Waals surface area contributed by atoms with E-state index in [-0.39, 0.29) is 18.8 Å². The fourth-order valence-corrected chi connectivity index (χ4v) is 2.37. The first-order chi connectivity index (χ1) is 13.1. The largest absolute Gasteiger partial charge is 0.516 e. The van der Waals surface area contributed by atoms with Crippen LogP contribution in [0.25, 0.3) is 0 Å².